The average molecular weight is 203 g/mol. The Morgan fingerprint density at radius 3 is 2.27 bits per heavy atom. The van der Waals surface area contributed by atoms with Crippen LogP contribution in [0.1, 0.15) is 55.7 Å². The maximum Gasteiger partial charge on any atom is 0.0289 e. The van der Waals surface area contributed by atoms with Crippen molar-refractivity contribution in [3.05, 3.63) is 35.4 Å². The van der Waals surface area contributed by atoms with E-state index in [-0.39, 0.29) is 0 Å². The quantitative estimate of drug-likeness (QED) is 0.791. The Morgan fingerprint density at radius 1 is 1.13 bits per heavy atom. The van der Waals surface area contributed by atoms with E-state index in [0.717, 1.165) is 5.92 Å². The predicted molar refractivity (Wildman–Crippen MR) is 65.1 cm³/mol. The molecule has 0 saturated heterocycles. The topological polar surface area (TPSA) is 12.0 Å². The van der Waals surface area contributed by atoms with Crippen LogP contribution in [0.2, 0.25) is 0 Å². The van der Waals surface area contributed by atoms with Crippen LogP contribution in [-0.4, -0.2) is 7.05 Å². The number of rotatable bonds is 3. The lowest BCUT2D eigenvalue weighted by Gasteiger charge is -2.13. The number of benzene rings is 1. The van der Waals surface area contributed by atoms with Gasteiger partial charge in [0.15, 0.2) is 0 Å². The first-order valence-corrected chi connectivity index (χ1v) is 6.08. The third-order valence-electron chi connectivity index (χ3n) is 3.70. The van der Waals surface area contributed by atoms with Gasteiger partial charge in [-0.2, -0.15) is 0 Å². The van der Waals surface area contributed by atoms with E-state index in [1.54, 1.807) is 5.56 Å². The van der Waals surface area contributed by atoms with Gasteiger partial charge < -0.3 is 5.32 Å². The zero-order valence-corrected chi connectivity index (χ0v) is 9.79. The highest BCUT2D eigenvalue weighted by atomic mass is 14.8. The van der Waals surface area contributed by atoms with Crippen LogP contribution in [0.15, 0.2) is 24.3 Å². The van der Waals surface area contributed by atoms with Gasteiger partial charge in [0, 0.05) is 6.04 Å². The molecule has 1 saturated carbocycles. The van der Waals surface area contributed by atoms with Gasteiger partial charge in [0.25, 0.3) is 0 Å². The highest BCUT2D eigenvalue weighted by Crippen LogP contribution is 2.34. The summed E-state index contributed by atoms with van der Waals surface area (Å²) in [7, 11) is 2.01. The Labute approximate surface area is 92.9 Å². The van der Waals surface area contributed by atoms with Crippen molar-refractivity contribution in [2.75, 3.05) is 7.05 Å². The summed E-state index contributed by atoms with van der Waals surface area (Å²) in [6.07, 6.45) is 5.61. The SMILES string of the molecule is CN[C@@H](C)c1ccc(C2CCCC2)cc1. The van der Waals surface area contributed by atoms with Crippen molar-refractivity contribution < 1.29 is 0 Å². The molecule has 1 fully saturated rings. The van der Waals surface area contributed by atoms with E-state index < -0.39 is 0 Å². The smallest absolute Gasteiger partial charge is 0.0289 e. The minimum atomic E-state index is 0.461. The van der Waals surface area contributed by atoms with Crippen molar-refractivity contribution in [3.63, 3.8) is 0 Å². The standard InChI is InChI=1S/C14H21N/c1-11(15-2)12-7-9-14(10-8-12)13-5-3-4-6-13/h7-11,13,15H,3-6H2,1-2H3/t11-/m0/s1. The fraction of sp³-hybridized carbons (Fsp3) is 0.571. The zero-order valence-electron chi connectivity index (χ0n) is 9.79. The number of hydrogen-bond acceptors (Lipinski definition) is 1. The minimum Gasteiger partial charge on any atom is -0.313 e. The Morgan fingerprint density at radius 2 is 1.73 bits per heavy atom. The summed E-state index contributed by atoms with van der Waals surface area (Å²) in [4.78, 5) is 0. The molecule has 1 atom stereocenters. The summed E-state index contributed by atoms with van der Waals surface area (Å²) in [5, 5.41) is 3.27. The molecule has 0 radical (unpaired) electrons. The van der Waals surface area contributed by atoms with E-state index in [4.69, 9.17) is 0 Å². The molecule has 1 aliphatic carbocycles. The molecule has 82 valence electrons. The first-order valence-electron chi connectivity index (χ1n) is 6.08. The Bertz CT molecular complexity index is 296. The van der Waals surface area contributed by atoms with Crippen LogP contribution in [0.3, 0.4) is 0 Å². The second-order valence-electron chi connectivity index (χ2n) is 4.66. The summed E-state index contributed by atoms with van der Waals surface area (Å²) in [5.74, 6) is 0.837. The molecule has 1 nitrogen and oxygen atoms in total. The van der Waals surface area contributed by atoms with E-state index in [9.17, 15) is 0 Å². The molecule has 1 N–H and O–H groups in total. The lowest BCUT2D eigenvalue weighted by Crippen LogP contribution is -2.12. The zero-order chi connectivity index (χ0) is 10.7. The number of hydrogen-bond donors (Lipinski definition) is 1. The van der Waals surface area contributed by atoms with E-state index in [1.807, 2.05) is 7.05 Å². The first kappa shape index (κ1) is 10.7. The van der Waals surface area contributed by atoms with Gasteiger partial charge >= 0.3 is 0 Å². The van der Waals surface area contributed by atoms with Crippen LogP contribution in [0.5, 0.6) is 0 Å². The molecule has 1 aromatic carbocycles. The summed E-state index contributed by atoms with van der Waals surface area (Å²) >= 11 is 0. The molecule has 1 aromatic rings. The highest BCUT2D eigenvalue weighted by Gasteiger charge is 2.16. The number of nitrogens with one attached hydrogen (secondary N) is 1. The van der Waals surface area contributed by atoms with Crippen LogP contribution in [0.25, 0.3) is 0 Å². The molecule has 0 spiro atoms. The lowest BCUT2D eigenvalue weighted by atomic mass is 9.95. The van der Waals surface area contributed by atoms with Crippen molar-refractivity contribution in [1.82, 2.24) is 5.32 Å². The molecule has 0 unspecified atom stereocenters. The van der Waals surface area contributed by atoms with Gasteiger partial charge in [-0.15, -0.1) is 0 Å². The van der Waals surface area contributed by atoms with Gasteiger partial charge in [0.05, 0.1) is 0 Å². The first-order chi connectivity index (χ1) is 7.31. The van der Waals surface area contributed by atoms with Crippen LogP contribution in [0.4, 0.5) is 0 Å². The Balaban J connectivity index is 2.09. The van der Waals surface area contributed by atoms with E-state index in [1.165, 1.54) is 31.2 Å². The summed E-state index contributed by atoms with van der Waals surface area (Å²) in [6.45, 7) is 2.20. The fourth-order valence-corrected chi connectivity index (χ4v) is 2.48. The molecular weight excluding hydrogens is 182 g/mol. The lowest BCUT2D eigenvalue weighted by molar-refractivity contribution is 0.650. The van der Waals surface area contributed by atoms with E-state index in [2.05, 4.69) is 36.5 Å². The minimum absolute atomic E-state index is 0.461. The van der Waals surface area contributed by atoms with Crippen molar-refractivity contribution in [2.45, 2.75) is 44.6 Å². The fourth-order valence-electron chi connectivity index (χ4n) is 2.48. The molecule has 2 rings (SSSR count). The van der Waals surface area contributed by atoms with Gasteiger partial charge in [-0.3, -0.25) is 0 Å². The van der Waals surface area contributed by atoms with E-state index >= 15 is 0 Å². The average Bonchev–Trinajstić information content (AvgIpc) is 2.82. The second-order valence-corrected chi connectivity index (χ2v) is 4.66. The molecule has 0 heterocycles. The van der Waals surface area contributed by atoms with Crippen molar-refractivity contribution in [3.8, 4) is 0 Å². The maximum absolute atomic E-state index is 3.27. The van der Waals surface area contributed by atoms with Crippen LogP contribution in [0, 0.1) is 0 Å². The summed E-state index contributed by atoms with van der Waals surface area (Å²) in [5.41, 5.74) is 2.93. The van der Waals surface area contributed by atoms with Crippen molar-refractivity contribution in [2.24, 2.45) is 0 Å². The van der Waals surface area contributed by atoms with Crippen LogP contribution < -0.4 is 5.32 Å². The molecular formula is C14H21N. The molecule has 0 bridgehead atoms. The molecule has 0 aromatic heterocycles. The largest absolute Gasteiger partial charge is 0.313 e. The summed E-state index contributed by atoms with van der Waals surface area (Å²) in [6, 6.07) is 9.64. The summed E-state index contributed by atoms with van der Waals surface area (Å²) < 4.78 is 0. The third-order valence-corrected chi connectivity index (χ3v) is 3.70. The molecule has 1 aliphatic rings. The van der Waals surface area contributed by atoms with Gasteiger partial charge in [0.2, 0.25) is 0 Å². The van der Waals surface area contributed by atoms with E-state index in [0.29, 0.717) is 6.04 Å². The van der Waals surface area contributed by atoms with Crippen molar-refractivity contribution >= 4 is 0 Å². The Kier molecular flexibility index (Phi) is 3.42. The third kappa shape index (κ3) is 2.40. The van der Waals surface area contributed by atoms with Crippen molar-refractivity contribution in [1.29, 1.82) is 0 Å². The van der Waals surface area contributed by atoms with Gasteiger partial charge in [0.1, 0.15) is 0 Å². The predicted octanol–water partition coefficient (Wildman–Crippen LogP) is 3.62. The van der Waals surface area contributed by atoms with Gasteiger partial charge in [-0.1, -0.05) is 37.1 Å². The second kappa shape index (κ2) is 4.80. The highest BCUT2D eigenvalue weighted by molar-refractivity contribution is 5.27. The van der Waals surface area contributed by atoms with Gasteiger partial charge in [-0.05, 0) is 43.9 Å². The maximum atomic E-state index is 3.27. The normalized spacial score (nSPS) is 19.3. The molecule has 0 amide bonds. The monoisotopic (exact) mass is 203 g/mol. The van der Waals surface area contributed by atoms with Gasteiger partial charge in [-0.25, -0.2) is 0 Å². The molecule has 0 aliphatic heterocycles. The molecule has 15 heavy (non-hydrogen) atoms. The molecule has 1 heteroatoms. The van der Waals surface area contributed by atoms with Crippen LogP contribution >= 0.6 is 0 Å². The van der Waals surface area contributed by atoms with Crippen LogP contribution in [-0.2, 0) is 0 Å². The Hall–Kier alpha value is -0.820.